The van der Waals surface area contributed by atoms with Crippen LogP contribution in [0.25, 0.3) is 0 Å². The van der Waals surface area contributed by atoms with E-state index < -0.39 is 23.2 Å². The molecule has 3 nitrogen and oxygen atoms in total. The highest BCUT2D eigenvalue weighted by molar-refractivity contribution is 6.11. The normalized spacial score (nSPS) is 10.5. The average Bonchev–Trinajstić information content (AvgIpc) is 2.80. The van der Waals surface area contributed by atoms with Crippen molar-refractivity contribution < 1.29 is 23.1 Å². The highest BCUT2D eigenvalue weighted by atomic mass is 19.1. The second-order valence-electron chi connectivity index (χ2n) is 6.74. The number of halogens is 2. The Hall–Kier alpha value is -4.12. The zero-order valence-electron chi connectivity index (χ0n) is 16.2. The predicted molar refractivity (Wildman–Crippen MR) is 113 cm³/mol. The minimum absolute atomic E-state index is 0.0167. The van der Waals surface area contributed by atoms with E-state index in [1.54, 1.807) is 48.5 Å². The summed E-state index contributed by atoms with van der Waals surface area (Å²) in [5.41, 5.74) is 0.439. The summed E-state index contributed by atoms with van der Waals surface area (Å²) >= 11 is 0. The summed E-state index contributed by atoms with van der Waals surface area (Å²) in [5, 5.41) is 0. The summed E-state index contributed by atoms with van der Waals surface area (Å²) in [7, 11) is 0. The molecule has 31 heavy (non-hydrogen) atoms. The predicted octanol–water partition coefficient (Wildman–Crippen LogP) is 6.22. The molecule has 0 aromatic heterocycles. The molecule has 0 atom stereocenters. The molecule has 0 aliphatic heterocycles. The molecule has 0 unspecified atom stereocenters. The lowest BCUT2D eigenvalue weighted by molar-refractivity contribution is 0.102. The number of hydrogen-bond donors (Lipinski definition) is 0. The van der Waals surface area contributed by atoms with Crippen LogP contribution in [-0.2, 0) is 0 Å². The Morgan fingerprint density at radius 1 is 0.548 bits per heavy atom. The average molecular weight is 414 g/mol. The fourth-order valence-electron chi connectivity index (χ4n) is 3.14. The third kappa shape index (κ3) is 4.26. The SMILES string of the molecule is O=C(c1ccc(Oc2ccccc2C(=O)c2ccccc2F)cc1)c1ccccc1F. The molecule has 0 spiro atoms. The second kappa shape index (κ2) is 8.71. The Morgan fingerprint density at radius 2 is 1.03 bits per heavy atom. The fraction of sp³-hybridized carbons (Fsp3) is 0. The van der Waals surface area contributed by atoms with Crippen LogP contribution in [0.5, 0.6) is 11.5 Å². The number of para-hydroxylation sites is 1. The van der Waals surface area contributed by atoms with Gasteiger partial charge in [0.15, 0.2) is 11.6 Å². The summed E-state index contributed by atoms with van der Waals surface area (Å²) < 4.78 is 33.8. The van der Waals surface area contributed by atoms with Crippen molar-refractivity contribution in [2.45, 2.75) is 0 Å². The minimum atomic E-state index is -0.613. The molecule has 4 rings (SSSR count). The van der Waals surface area contributed by atoms with Gasteiger partial charge in [-0.25, -0.2) is 8.78 Å². The number of carbonyl (C=O) groups is 2. The molecule has 0 saturated carbocycles. The van der Waals surface area contributed by atoms with Crippen LogP contribution < -0.4 is 4.74 Å². The van der Waals surface area contributed by atoms with Gasteiger partial charge in [-0.05, 0) is 60.7 Å². The highest BCUT2D eigenvalue weighted by Gasteiger charge is 2.18. The summed E-state index contributed by atoms with van der Waals surface area (Å²) in [6, 6.07) is 24.2. The minimum Gasteiger partial charge on any atom is -0.457 e. The van der Waals surface area contributed by atoms with Gasteiger partial charge in [0.25, 0.3) is 0 Å². The van der Waals surface area contributed by atoms with Crippen LogP contribution in [0.2, 0.25) is 0 Å². The van der Waals surface area contributed by atoms with Gasteiger partial charge in [0, 0.05) is 5.56 Å². The molecule has 0 N–H and O–H groups in total. The highest BCUT2D eigenvalue weighted by Crippen LogP contribution is 2.28. The standard InChI is InChI=1S/C26H16F2O3/c27-22-10-4-1-7-19(22)25(29)17-13-15-18(16-14-17)31-24-12-6-3-9-21(24)26(30)20-8-2-5-11-23(20)28/h1-16H. The van der Waals surface area contributed by atoms with Crippen molar-refractivity contribution in [3.05, 3.63) is 131 Å². The largest absolute Gasteiger partial charge is 0.457 e. The van der Waals surface area contributed by atoms with Crippen LogP contribution in [0.4, 0.5) is 8.78 Å². The van der Waals surface area contributed by atoms with Crippen LogP contribution >= 0.6 is 0 Å². The first-order valence-electron chi connectivity index (χ1n) is 9.50. The summed E-state index contributed by atoms with van der Waals surface area (Å²) in [6.45, 7) is 0. The fourth-order valence-corrected chi connectivity index (χ4v) is 3.14. The van der Waals surface area contributed by atoms with E-state index in [2.05, 4.69) is 0 Å². The summed E-state index contributed by atoms with van der Waals surface area (Å²) in [6.07, 6.45) is 0. The third-order valence-electron chi connectivity index (χ3n) is 4.71. The first-order chi connectivity index (χ1) is 15.0. The van der Waals surface area contributed by atoms with Crippen LogP contribution in [0.15, 0.2) is 97.1 Å². The van der Waals surface area contributed by atoms with Gasteiger partial charge >= 0.3 is 0 Å². The van der Waals surface area contributed by atoms with Crippen molar-refractivity contribution >= 4 is 11.6 Å². The molecular weight excluding hydrogens is 398 g/mol. The summed E-state index contributed by atoms with van der Waals surface area (Å²) in [5.74, 6) is -1.52. The Bertz CT molecular complexity index is 1260. The van der Waals surface area contributed by atoms with Gasteiger partial charge in [0.2, 0.25) is 0 Å². The molecule has 5 heteroatoms. The van der Waals surface area contributed by atoms with Gasteiger partial charge in [-0.2, -0.15) is 0 Å². The lowest BCUT2D eigenvalue weighted by Gasteiger charge is -2.11. The quantitative estimate of drug-likeness (QED) is 0.352. The summed E-state index contributed by atoms with van der Waals surface area (Å²) in [4.78, 5) is 25.3. The number of benzene rings is 4. The first-order valence-corrected chi connectivity index (χ1v) is 9.50. The molecule has 4 aromatic rings. The van der Waals surface area contributed by atoms with Crippen molar-refractivity contribution in [1.82, 2.24) is 0 Å². The maximum Gasteiger partial charge on any atom is 0.199 e. The Kier molecular flexibility index (Phi) is 5.67. The van der Waals surface area contributed by atoms with Gasteiger partial charge in [-0.3, -0.25) is 9.59 Å². The molecule has 0 saturated heterocycles. The molecule has 4 aromatic carbocycles. The van der Waals surface area contributed by atoms with Gasteiger partial charge in [0.1, 0.15) is 23.1 Å². The van der Waals surface area contributed by atoms with E-state index in [9.17, 15) is 18.4 Å². The van der Waals surface area contributed by atoms with E-state index >= 15 is 0 Å². The molecule has 0 bridgehead atoms. The van der Waals surface area contributed by atoms with Crippen molar-refractivity contribution in [3.63, 3.8) is 0 Å². The maximum absolute atomic E-state index is 14.1. The molecule has 0 amide bonds. The number of rotatable bonds is 6. The van der Waals surface area contributed by atoms with Crippen molar-refractivity contribution in [1.29, 1.82) is 0 Å². The molecule has 0 aliphatic rings. The smallest absolute Gasteiger partial charge is 0.199 e. The lowest BCUT2D eigenvalue weighted by atomic mass is 10.0. The number of ether oxygens (including phenoxy) is 1. The molecule has 0 aliphatic carbocycles. The van der Waals surface area contributed by atoms with E-state index in [4.69, 9.17) is 4.74 Å². The van der Waals surface area contributed by atoms with Crippen LogP contribution in [0.1, 0.15) is 31.8 Å². The Labute approximate surface area is 177 Å². The van der Waals surface area contributed by atoms with Crippen LogP contribution in [-0.4, -0.2) is 11.6 Å². The molecule has 152 valence electrons. The van der Waals surface area contributed by atoms with Gasteiger partial charge in [0.05, 0.1) is 16.7 Å². The van der Waals surface area contributed by atoms with Crippen molar-refractivity contribution in [2.75, 3.05) is 0 Å². The molecular formula is C26H16F2O3. The monoisotopic (exact) mass is 414 g/mol. The molecule has 0 heterocycles. The zero-order chi connectivity index (χ0) is 21.8. The van der Waals surface area contributed by atoms with Gasteiger partial charge in [-0.1, -0.05) is 36.4 Å². The topological polar surface area (TPSA) is 43.4 Å². The van der Waals surface area contributed by atoms with Crippen LogP contribution in [0.3, 0.4) is 0 Å². The first kappa shape index (κ1) is 20.2. The van der Waals surface area contributed by atoms with E-state index in [0.29, 0.717) is 11.3 Å². The van der Waals surface area contributed by atoms with E-state index in [1.807, 2.05) is 0 Å². The lowest BCUT2D eigenvalue weighted by Crippen LogP contribution is -2.06. The second-order valence-corrected chi connectivity index (χ2v) is 6.74. The molecule has 0 radical (unpaired) electrons. The third-order valence-corrected chi connectivity index (χ3v) is 4.71. The van der Waals surface area contributed by atoms with Crippen molar-refractivity contribution in [3.8, 4) is 11.5 Å². The zero-order valence-corrected chi connectivity index (χ0v) is 16.2. The number of ketones is 2. The van der Waals surface area contributed by atoms with E-state index in [0.717, 1.165) is 0 Å². The van der Waals surface area contributed by atoms with Gasteiger partial charge in [-0.15, -0.1) is 0 Å². The van der Waals surface area contributed by atoms with Gasteiger partial charge < -0.3 is 4.74 Å². The Balaban J connectivity index is 1.58. The molecule has 0 fully saturated rings. The number of carbonyl (C=O) groups excluding carboxylic acids is 2. The number of hydrogen-bond acceptors (Lipinski definition) is 3. The van der Waals surface area contributed by atoms with Crippen molar-refractivity contribution in [2.24, 2.45) is 0 Å². The maximum atomic E-state index is 14.1. The van der Waals surface area contributed by atoms with Crippen LogP contribution in [0, 0.1) is 11.6 Å². The van der Waals surface area contributed by atoms with E-state index in [-0.39, 0.29) is 22.4 Å². The Morgan fingerprint density at radius 3 is 1.61 bits per heavy atom. The van der Waals surface area contributed by atoms with E-state index in [1.165, 1.54) is 48.5 Å².